The lowest BCUT2D eigenvalue weighted by molar-refractivity contribution is -0.148. The molecule has 0 saturated heterocycles. The van der Waals surface area contributed by atoms with E-state index in [1.807, 2.05) is 17.5 Å². The second-order valence-corrected chi connectivity index (χ2v) is 5.92. The van der Waals surface area contributed by atoms with Crippen molar-refractivity contribution in [3.63, 3.8) is 0 Å². The molecule has 4 nitrogen and oxygen atoms in total. The smallest absolute Gasteiger partial charge is 0.416 e. The van der Waals surface area contributed by atoms with Crippen LogP contribution in [-0.2, 0) is 33.5 Å². The predicted molar refractivity (Wildman–Crippen MR) is 82.3 cm³/mol. The van der Waals surface area contributed by atoms with Crippen LogP contribution in [0.5, 0.6) is 0 Å². The quantitative estimate of drug-likeness (QED) is 0.808. The fraction of sp³-hybridized carbons (Fsp3) is 0.250. The zero-order valence-corrected chi connectivity index (χ0v) is 13.2. The average molecular weight is 357 g/mol. The van der Waals surface area contributed by atoms with E-state index in [2.05, 4.69) is 5.32 Å². The number of esters is 1. The van der Waals surface area contributed by atoms with E-state index in [4.69, 9.17) is 4.74 Å². The Morgan fingerprint density at radius 1 is 1.17 bits per heavy atom. The summed E-state index contributed by atoms with van der Waals surface area (Å²) in [5.41, 5.74) is -0.657. The molecular weight excluding hydrogens is 343 g/mol. The van der Waals surface area contributed by atoms with Crippen molar-refractivity contribution in [2.75, 3.05) is 6.61 Å². The lowest BCUT2D eigenvalue weighted by Gasteiger charge is -2.09. The van der Waals surface area contributed by atoms with Crippen LogP contribution >= 0.6 is 11.3 Å². The van der Waals surface area contributed by atoms with Gasteiger partial charge in [0.1, 0.15) is 0 Å². The zero-order chi connectivity index (χ0) is 17.6. The van der Waals surface area contributed by atoms with Gasteiger partial charge in [-0.1, -0.05) is 24.3 Å². The predicted octanol–water partition coefficient (Wildman–Crippen LogP) is 3.17. The molecule has 1 N–H and O–H groups in total. The third kappa shape index (κ3) is 5.69. The molecule has 0 saturated carbocycles. The van der Waals surface area contributed by atoms with Crippen LogP contribution in [0.25, 0.3) is 0 Å². The fourth-order valence-corrected chi connectivity index (χ4v) is 2.52. The molecule has 0 radical (unpaired) electrons. The first kappa shape index (κ1) is 18.0. The number of alkyl halides is 3. The first-order valence-corrected chi connectivity index (χ1v) is 7.83. The summed E-state index contributed by atoms with van der Waals surface area (Å²) in [5, 5.41) is 4.45. The molecule has 1 aromatic carbocycles. The minimum Gasteiger partial charge on any atom is -0.455 e. The summed E-state index contributed by atoms with van der Waals surface area (Å²) in [6, 6.07) is 8.13. The number of halogens is 3. The van der Waals surface area contributed by atoms with Gasteiger partial charge in [0.2, 0.25) is 0 Å². The van der Waals surface area contributed by atoms with Crippen LogP contribution < -0.4 is 5.32 Å². The number of ether oxygens (including phenoxy) is 1. The van der Waals surface area contributed by atoms with Gasteiger partial charge in [-0.25, -0.2) is 0 Å². The van der Waals surface area contributed by atoms with Gasteiger partial charge in [0, 0.05) is 4.88 Å². The summed E-state index contributed by atoms with van der Waals surface area (Å²) in [6.45, 7) is -0.134. The molecule has 1 amide bonds. The Morgan fingerprint density at radius 2 is 1.96 bits per heavy atom. The van der Waals surface area contributed by atoms with Crippen molar-refractivity contribution >= 4 is 23.2 Å². The van der Waals surface area contributed by atoms with Gasteiger partial charge in [0.05, 0.1) is 18.5 Å². The van der Waals surface area contributed by atoms with Crippen LogP contribution in [0.2, 0.25) is 0 Å². The molecule has 0 bridgehead atoms. The second-order valence-electron chi connectivity index (χ2n) is 4.89. The Labute approximate surface area is 140 Å². The standard InChI is InChI=1S/C16H14F3NO3S/c17-16(18,19)12-4-1-3-11(7-12)8-15(22)23-10-14(21)20-9-13-5-2-6-24-13/h1-7H,8-10H2,(H,20,21). The normalized spacial score (nSPS) is 11.1. The SMILES string of the molecule is O=C(COC(=O)Cc1cccc(C(F)(F)F)c1)NCc1cccs1. The van der Waals surface area contributed by atoms with E-state index in [-0.39, 0.29) is 12.0 Å². The molecule has 2 rings (SSSR count). The zero-order valence-electron chi connectivity index (χ0n) is 12.4. The minimum atomic E-state index is -4.47. The Balaban J connectivity index is 1.78. The van der Waals surface area contributed by atoms with Crippen LogP contribution in [0.15, 0.2) is 41.8 Å². The maximum Gasteiger partial charge on any atom is 0.416 e. The Morgan fingerprint density at radius 3 is 2.62 bits per heavy atom. The molecule has 0 aliphatic rings. The van der Waals surface area contributed by atoms with Crippen molar-refractivity contribution in [2.24, 2.45) is 0 Å². The summed E-state index contributed by atoms with van der Waals surface area (Å²) in [4.78, 5) is 24.1. The van der Waals surface area contributed by atoms with Crippen LogP contribution in [0, 0.1) is 0 Å². The molecule has 0 fully saturated rings. The molecule has 128 valence electrons. The maximum absolute atomic E-state index is 12.6. The molecular formula is C16H14F3NO3S. The average Bonchev–Trinajstić information content (AvgIpc) is 3.04. The van der Waals surface area contributed by atoms with E-state index >= 15 is 0 Å². The molecule has 8 heteroatoms. The summed E-state index contributed by atoms with van der Waals surface area (Å²) in [5.74, 6) is -1.23. The van der Waals surface area contributed by atoms with Crippen molar-refractivity contribution < 1.29 is 27.5 Å². The number of carbonyl (C=O) groups is 2. The third-order valence-electron chi connectivity index (χ3n) is 3.01. The first-order valence-electron chi connectivity index (χ1n) is 6.95. The van der Waals surface area contributed by atoms with E-state index in [1.54, 1.807) is 0 Å². The van der Waals surface area contributed by atoms with Gasteiger partial charge in [-0.3, -0.25) is 9.59 Å². The van der Waals surface area contributed by atoms with Gasteiger partial charge < -0.3 is 10.1 Å². The van der Waals surface area contributed by atoms with Crippen LogP contribution in [0.4, 0.5) is 13.2 Å². The summed E-state index contributed by atoms with van der Waals surface area (Å²) < 4.78 is 42.6. The molecule has 0 spiro atoms. The molecule has 1 aromatic heterocycles. The van der Waals surface area contributed by atoms with Gasteiger partial charge in [0.25, 0.3) is 5.91 Å². The lowest BCUT2D eigenvalue weighted by atomic mass is 10.1. The van der Waals surface area contributed by atoms with Gasteiger partial charge in [-0.15, -0.1) is 11.3 Å². The monoisotopic (exact) mass is 357 g/mol. The number of amides is 1. The first-order chi connectivity index (χ1) is 11.3. The van der Waals surface area contributed by atoms with Crippen molar-refractivity contribution in [3.8, 4) is 0 Å². The highest BCUT2D eigenvalue weighted by molar-refractivity contribution is 7.09. The van der Waals surface area contributed by atoms with Crippen molar-refractivity contribution in [2.45, 2.75) is 19.1 Å². The Kier molecular flexibility index (Phi) is 5.97. The number of rotatable bonds is 6. The number of thiophene rings is 1. The van der Waals surface area contributed by atoms with E-state index < -0.39 is 30.2 Å². The third-order valence-corrected chi connectivity index (χ3v) is 3.88. The number of carbonyl (C=O) groups excluding carboxylic acids is 2. The summed E-state index contributed by atoms with van der Waals surface area (Å²) >= 11 is 1.48. The number of nitrogens with one attached hydrogen (secondary N) is 1. The van der Waals surface area contributed by atoms with Crippen LogP contribution in [-0.4, -0.2) is 18.5 Å². The Hall–Kier alpha value is -2.35. The van der Waals surface area contributed by atoms with E-state index in [0.29, 0.717) is 6.54 Å². The molecule has 0 atom stereocenters. The minimum absolute atomic E-state index is 0.175. The molecule has 1 heterocycles. The molecule has 2 aromatic rings. The van der Waals surface area contributed by atoms with Gasteiger partial charge >= 0.3 is 12.1 Å². The highest BCUT2D eigenvalue weighted by Gasteiger charge is 2.30. The summed E-state index contributed by atoms with van der Waals surface area (Å²) in [7, 11) is 0. The highest BCUT2D eigenvalue weighted by Crippen LogP contribution is 2.29. The van der Waals surface area contributed by atoms with Crippen LogP contribution in [0.3, 0.4) is 0 Å². The lowest BCUT2D eigenvalue weighted by Crippen LogP contribution is -2.28. The molecule has 0 unspecified atom stereocenters. The highest BCUT2D eigenvalue weighted by atomic mass is 32.1. The number of hydrogen-bond acceptors (Lipinski definition) is 4. The van der Waals surface area contributed by atoms with Crippen LogP contribution in [0.1, 0.15) is 16.0 Å². The molecule has 0 aliphatic heterocycles. The van der Waals surface area contributed by atoms with E-state index in [9.17, 15) is 22.8 Å². The number of hydrogen-bond donors (Lipinski definition) is 1. The number of benzene rings is 1. The van der Waals surface area contributed by atoms with E-state index in [1.165, 1.54) is 23.5 Å². The van der Waals surface area contributed by atoms with Crippen molar-refractivity contribution in [1.82, 2.24) is 5.32 Å². The second kappa shape index (κ2) is 7.96. The van der Waals surface area contributed by atoms with Gasteiger partial charge in [0.15, 0.2) is 6.61 Å². The maximum atomic E-state index is 12.6. The largest absolute Gasteiger partial charge is 0.455 e. The topological polar surface area (TPSA) is 55.4 Å². The molecule has 24 heavy (non-hydrogen) atoms. The Bertz CT molecular complexity index is 699. The van der Waals surface area contributed by atoms with Crippen molar-refractivity contribution in [3.05, 3.63) is 57.8 Å². The van der Waals surface area contributed by atoms with E-state index in [0.717, 1.165) is 17.0 Å². The summed E-state index contributed by atoms with van der Waals surface area (Å²) in [6.07, 6.45) is -4.80. The molecule has 0 aliphatic carbocycles. The fourth-order valence-electron chi connectivity index (χ4n) is 1.87. The van der Waals surface area contributed by atoms with Gasteiger partial charge in [-0.05, 0) is 23.1 Å². The van der Waals surface area contributed by atoms with Crippen molar-refractivity contribution in [1.29, 1.82) is 0 Å². The van der Waals surface area contributed by atoms with Gasteiger partial charge in [-0.2, -0.15) is 13.2 Å².